The number of fused-ring (bicyclic) bond motifs is 1. The van der Waals surface area contributed by atoms with Crippen LogP contribution < -0.4 is 30.0 Å². The first-order valence-corrected chi connectivity index (χ1v) is 9.96. The first-order chi connectivity index (χ1) is 16.2. The van der Waals surface area contributed by atoms with Crippen LogP contribution in [-0.2, 0) is 14.4 Å². The summed E-state index contributed by atoms with van der Waals surface area (Å²) in [5.41, 5.74) is 5.86. The lowest BCUT2D eigenvalue weighted by molar-refractivity contribution is -0.143. The average molecular weight is 470 g/mol. The van der Waals surface area contributed by atoms with Gasteiger partial charge in [-0.1, -0.05) is 12.1 Å². The molecule has 11 nitrogen and oxygen atoms in total. The van der Waals surface area contributed by atoms with Gasteiger partial charge in [0.15, 0.2) is 23.9 Å². The molecule has 178 valence electrons. The number of nitrogens with one attached hydrogen (secondary N) is 1. The third-order valence-electron chi connectivity index (χ3n) is 4.77. The van der Waals surface area contributed by atoms with Crippen molar-refractivity contribution in [3.05, 3.63) is 53.3 Å². The molecule has 2 amide bonds. The summed E-state index contributed by atoms with van der Waals surface area (Å²) >= 11 is 0. The van der Waals surface area contributed by atoms with Gasteiger partial charge < -0.3 is 35.1 Å². The molecule has 1 unspecified atom stereocenters. The van der Waals surface area contributed by atoms with Gasteiger partial charge in [0, 0.05) is 11.6 Å². The van der Waals surface area contributed by atoms with E-state index >= 15 is 0 Å². The van der Waals surface area contributed by atoms with Crippen molar-refractivity contribution in [3.63, 3.8) is 0 Å². The molecule has 0 bridgehead atoms. The minimum absolute atomic E-state index is 0.0622. The predicted octanol–water partition coefficient (Wildman–Crippen LogP) is 1.14. The van der Waals surface area contributed by atoms with E-state index in [4.69, 9.17) is 29.8 Å². The monoisotopic (exact) mass is 470 g/mol. The average Bonchev–Trinajstić information content (AvgIpc) is 3.11. The predicted molar refractivity (Wildman–Crippen MR) is 118 cm³/mol. The van der Waals surface area contributed by atoms with Gasteiger partial charge in [0.05, 0.1) is 26.2 Å². The van der Waals surface area contributed by atoms with E-state index in [0.29, 0.717) is 22.6 Å². The summed E-state index contributed by atoms with van der Waals surface area (Å²) in [5.74, 6) is -1.94. The second-order valence-corrected chi connectivity index (χ2v) is 7.10. The number of rotatable bonds is 10. The number of hydrogen-bond acceptors (Lipinski definition) is 8. The summed E-state index contributed by atoms with van der Waals surface area (Å²) in [7, 11) is 2.99. The van der Waals surface area contributed by atoms with Crippen LogP contribution in [0, 0.1) is 0 Å². The minimum atomic E-state index is -1.46. The Bertz CT molecular complexity index is 1170. The highest BCUT2D eigenvalue weighted by atomic mass is 16.5. The number of carboxylic acid groups (broad SMARTS) is 1. The van der Waals surface area contributed by atoms with Crippen LogP contribution in [0.5, 0.6) is 23.0 Å². The molecule has 1 aliphatic heterocycles. The molecule has 3 rings (SSSR count). The molecule has 1 heterocycles. The van der Waals surface area contributed by atoms with E-state index in [0.717, 1.165) is 0 Å². The van der Waals surface area contributed by atoms with E-state index in [-0.39, 0.29) is 23.0 Å². The van der Waals surface area contributed by atoms with Crippen molar-refractivity contribution in [1.29, 1.82) is 0 Å². The van der Waals surface area contributed by atoms with Gasteiger partial charge in [0.2, 0.25) is 11.7 Å². The Balaban J connectivity index is 1.70. The quantitative estimate of drug-likeness (QED) is 0.432. The number of aliphatic carboxylic acids is 1. The second-order valence-electron chi connectivity index (χ2n) is 7.10. The number of carbonyl (C=O) groups is 4. The molecule has 1 atom stereocenters. The van der Waals surface area contributed by atoms with Crippen molar-refractivity contribution in [3.8, 4) is 23.0 Å². The topological polar surface area (TPSA) is 163 Å². The summed E-state index contributed by atoms with van der Waals surface area (Å²) in [6, 6.07) is 8.14. The van der Waals surface area contributed by atoms with Gasteiger partial charge in [-0.05, 0) is 24.3 Å². The molecular weight excluding hydrogens is 448 g/mol. The number of Topliss-reactive ketones (excluding diaryl/α,β-unsaturated/α-hetero) is 1. The van der Waals surface area contributed by atoms with Crippen LogP contribution in [0.2, 0.25) is 0 Å². The lowest BCUT2D eigenvalue weighted by Crippen LogP contribution is -2.45. The number of amides is 2. The van der Waals surface area contributed by atoms with Crippen LogP contribution in [0.4, 0.5) is 0 Å². The zero-order chi connectivity index (χ0) is 24.8. The molecule has 0 radical (unpaired) electrons. The summed E-state index contributed by atoms with van der Waals surface area (Å²) < 4.78 is 21.7. The lowest BCUT2D eigenvalue weighted by Gasteiger charge is -2.13. The normalized spacial score (nSPS) is 14.1. The fourth-order valence-electron chi connectivity index (χ4n) is 3.21. The number of carboxylic acids is 1. The fourth-order valence-corrected chi connectivity index (χ4v) is 3.21. The zero-order valence-electron chi connectivity index (χ0n) is 18.3. The Morgan fingerprint density at radius 1 is 1.18 bits per heavy atom. The number of para-hydroxylation sites is 1. The highest BCUT2D eigenvalue weighted by Gasteiger charge is 2.28. The molecule has 0 saturated heterocycles. The van der Waals surface area contributed by atoms with Crippen LogP contribution >= 0.6 is 0 Å². The van der Waals surface area contributed by atoms with Crippen molar-refractivity contribution >= 4 is 29.6 Å². The van der Waals surface area contributed by atoms with Crippen LogP contribution in [0.3, 0.4) is 0 Å². The van der Waals surface area contributed by atoms with Gasteiger partial charge in [-0.25, -0.2) is 4.79 Å². The Morgan fingerprint density at radius 2 is 1.94 bits per heavy atom. The molecule has 0 aromatic heterocycles. The maximum atomic E-state index is 12.7. The molecule has 2 aromatic carbocycles. The largest absolute Gasteiger partial charge is 0.493 e. The standard InChI is InChI=1S/C23H22N2O9/c1-31-16-5-3-4-12(22(16)32-2)8-18-21(28)14-7-6-13(9-17(14)34-18)33-11-20(27)25-15(23(29)30)10-19(24)26/h3-9,15H,10-11H2,1-2H3,(H2,24,26)(H,25,27)(H,29,30). The van der Waals surface area contributed by atoms with Gasteiger partial charge in [0.1, 0.15) is 17.5 Å². The number of nitrogens with two attached hydrogens (primary N) is 1. The molecule has 0 fully saturated rings. The van der Waals surface area contributed by atoms with E-state index in [1.54, 1.807) is 18.2 Å². The van der Waals surface area contributed by atoms with E-state index in [1.807, 2.05) is 0 Å². The molecule has 0 saturated carbocycles. The summed E-state index contributed by atoms with van der Waals surface area (Å²) in [5, 5.41) is 11.2. The van der Waals surface area contributed by atoms with Gasteiger partial charge in [-0.3, -0.25) is 14.4 Å². The maximum Gasteiger partial charge on any atom is 0.326 e. The van der Waals surface area contributed by atoms with Crippen molar-refractivity contribution in [2.45, 2.75) is 12.5 Å². The molecule has 2 aromatic rings. The smallest absolute Gasteiger partial charge is 0.326 e. The Hall–Kier alpha value is -4.54. The van der Waals surface area contributed by atoms with Crippen molar-refractivity contribution in [2.75, 3.05) is 20.8 Å². The number of ketones is 1. The summed E-state index contributed by atoms with van der Waals surface area (Å²) in [4.78, 5) is 46.8. The molecule has 1 aliphatic rings. The Kier molecular flexibility index (Phi) is 7.36. The molecule has 0 spiro atoms. The molecule has 0 aliphatic carbocycles. The molecular formula is C23H22N2O9. The van der Waals surface area contributed by atoms with Crippen molar-refractivity contribution in [2.24, 2.45) is 5.73 Å². The van der Waals surface area contributed by atoms with Crippen LogP contribution in [0.15, 0.2) is 42.2 Å². The Labute approximate surface area is 194 Å². The first-order valence-electron chi connectivity index (χ1n) is 9.96. The number of carbonyl (C=O) groups excluding carboxylic acids is 3. The number of allylic oxidation sites excluding steroid dienone is 1. The number of ether oxygens (including phenoxy) is 4. The third-order valence-corrected chi connectivity index (χ3v) is 4.77. The summed E-state index contributed by atoms with van der Waals surface area (Å²) in [6.45, 7) is -0.529. The van der Waals surface area contributed by atoms with E-state index in [1.165, 1.54) is 38.5 Å². The van der Waals surface area contributed by atoms with E-state index in [9.17, 15) is 19.2 Å². The maximum absolute atomic E-state index is 12.7. The fraction of sp³-hybridized carbons (Fsp3) is 0.217. The van der Waals surface area contributed by atoms with Crippen molar-refractivity contribution in [1.82, 2.24) is 5.32 Å². The first kappa shape index (κ1) is 24.1. The highest BCUT2D eigenvalue weighted by molar-refractivity contribution is 6.14. The number of benzene rings is 2. The number of hydrogen-bond donors (Lipinski definition) is 3. The number of primary amides is 1. The SMILES string of the molecule is COc1cccc(C=C2Oc3cc(OCC(=O)NC(CC(N)=O)C(=O)O)ccc3C2=O)c1OC. The van der Waals surface area contributed by atoms with Gasteiger partial charge >= 0.3 is 5.97 Å². The van der Waals surface area contributed by atoms with Crippen LogP contribution in [-0.4, -0.2) is 55.5 Å². The number of methoxy groups -OCH3 is 2. The van der Waals surface area contributed by atoms with Crippen molar-refractivity contribution < 1.29 is 43.2 Å². The van der Waals surface area contributed by atoms with Crippen LogP contribution in [0.1, 0.15) is 22.3 Å². The van der Waals surface area contributed by atoms with E-state index < -0.39 is 36.9 Å². The summed E-state index contributed by atoms with van der Waals surface area (Å²) in [6.07, 6.45) is 0.978. The highest BCUT2D eigenvalue weighted by Crippen LogP contribution is 2.37. The third kappa shape index (κ3) is 5.44. The van der Waals surface area contributed by atoms with Crippen LogP contribution in [0.25, 0.3) is 6.08 Å². The molecule has 11 heteroatoms. The van der Waals surface area contributed by atoms with E-state index in [2.05, 4.69) is 5.32 Å². The van der Waals surface area contributed by atoms with Gasteiger partial charge in [-0.2, -0.15) is 0 Å². The molecule has 34 heavy (non-hydrogen) atoms. The Morgan fingerprint density at radius 3 is 2.59 bits per heavy atom. The molecule has 4 N–H and O–H groups in total. The van der Waals surface area contributed by atoms with Gasteiger partial charge in [0.25, 0.3) is 5.91 Å². The lowest BCUT2D eigenvalue weighted by atomic mass is 10.1. The second kappa shape index (κ2) is 10.4. The zero-order valence-corrected chi connectivity index (χ0v) is 18.3. The van der Waals surface area contributed by atoms with Gasteiger partial charge in [-0.15, -0.1) is 0 Å². The minimum Gasteiger partial charge on any atom is -0.493 e.